The fourth-order valence-corrected chi connectivity index (χ4v) is 4.14. The molecule has 1 aliphatic rings. The minimum absolute atomic E-state index is 0.466. The third-order valence-electron chi connectivity index (χ3n) is 3.55. The Bertz CT molecular complexity index is 568. The molecule has 2 aromatic rings. The molecule has 98 valence electrons. The van der Waals surface area contributed by atoms with Gasteiger partial charge < -0.3 is 4.57 Å². The zero-order valence-electron chi connectivity index (χ0n) is 10.7. The number of nitrogens with zero attached hydrogens (tertiary/aromatic N) is 4. The largest absolute Gasteiger partial charge is 0.312 e. The highest BCUT2D eigenvalue weighted by molar-refractivity contribution is 7.99. The van der Waals surface area contributed by atoms with Crippen LogP contribution in [-0.4, -0.2) is 30.8 Å². The van der Waals surface area contributed by atoms with E-state index in [1.807, 2.05) is 30.4 Å². The lowest BCUT2D eigenvalue weighted by atomic mass is 10.1. The Morgan fingerprint density at radius 3 is 3.00 bits per heavy atom. The second kappa shape index (κ2) is 4.78. The van der Waals surface area contributed by atoms with Crippen molar-refractivity contribution in [3.8, 4) is 0 Å². The molecule has 0 spiro atoms. The molecule has 0 amide bonds. The van der Waals surface area contributed by atoms with Gasteiger partial charge in [-0.25, -0.2) is 4.98 Å². The molecule has 0 radical (unpaired) electrons. The van der Waals surface area contributed by atoms with Crippen molar-refractivity contribution in [3.05, 3.63) is 11.5 Å². The molecule has 0 aliphatic carbocycles. The summed E-state index contributed by atoms with van der Waals surface area (Å²) in [6.07, 6.45) is 1.29. The van der Waals surface area contributed by atoms with Gasteiger partial charge in [0.25, 0.3) is 0 Å². The van der Waals surface area contributed by atoms with Crippen molar-refractivity contribution in [2.24, 2.45) is 13.0 Å². The van der Waals surface area contributed by atoms with E-state index >= 15 is 0 Å². The maximum Gasteiger partial charge on any atom is 0.158 e. The lowest BCUT2D eigenvalue weighted by molar-refractivity contribution is 0.486. The molecular formula is C12H17ClN4S. The van der Waals surface area contributed by atoms with Crippen molar-refractivity contribution in [1.29, 1.82) is 0 Å². The van der Waals surface area contributed by atoms with Crippen LogP contribution in [0, 0.1) is 12.8 Å². The topological polar surface area (TPSA) is 35.6 Å². The van der Waals surface area contributed by atoms with E-state index in [-0.39, 0.29) is 0 Å². The summed E-state index contributed by atoms with van der Waals surface area (Å²) in [6.45, 7) is 3.02. The van der Waals surface area contributed by atoms with E-state index in [0.717, 1.165) is 35.1 Å². The van der Waals surface area contributed by atoms with E-state index < -0.39 is 0 Å². The lowest BCUT2D eigenvalue weighted by Gasteiger charge is -2.12. The maximum atomic E-state index is 6.03. The van der Waals surface area contributed by atoms with Gasteiger partial charge in [-0.1, -0.05) is 0 Å². The Balaban J connectivity index is 2.06. The predicted octanol–water partition coefficient (Wildman–Crippen LogP) is 2.57. The number of thioether (sulfide) groups is 1. The molecule has 1 unspecified atom stereocenters. The number of alkyl halides is 1. The molecule has 0 bridgehead atoms. The van der Waals surface area contributed by atoms with Crippen molar-refractivity contribution >= 4 is 34.5 Å². The van der Waals surface area contributed by atoms with Crippen LogP contribution in [0.5, 0.6) is 0 Å². The van der Waals surface area contributed by atoms with Gasteiger partial charge in [0.05, 0.1) is 11.6 Å². The van der Waals surface area contributed by atoms with Gasteiger partial charge in [-0.05, 0) is 30.8 Å². The maximum absolute atomic E-state index is 6.03. The number of fused-ring (bicyclic) bond motifs is 1. The number of aromatic nitrogens is 4. The Morgan fingerprint density at radius 2 is 2.33 bits per heavy atom. The van der Waals surface area contributed by atoms with Crippen LogP contribution in [0.15, 0.2) is 0 Å². The van der Waals surface area contributed by atoms with Gasteiger partial charge in [-0.15, -0.1) is 11.6 Å². The van der Waals surface area contributed by atoms with E-state index in [2.05, 4.69) is 14.6 Å². The van der Waals surface area contributed by atoms with Gasteiger partial charge in [-0.2, -0.15) is 16.9 Å². The van der Waals surface area contributed by atoms with E-state index in [0.29, 0.717) is 5.88 Å². The number of hydrogen-bond donors (Lipinski definition) is 0. The van der Waals surface area contributed by atoms with Gasteiger partial charge in [0.15, 0.2) is 5.65 Å². The van der Waals surface area contributed by atoms with Gasteiger partial charge in [0.1, 0.15) is 11.3 Å². The molecule has 0 N–H and O–H groups in total. The average Bonchev–Trinajstić information content (AvgIpc) is 3.01. The summed E-state index contributed by atoms with van der Waals surface area (Å²) in [7, 11) is 1.98. The first-order valence-electron chi connectivity index (χ1n) is 6.23. The van der Waals surface area contributed by atoms with Crippen LogP contribution in [0.2, 0.25) is 0 Å². The Kier molecular flexibility index (Phi) is 3.28. The Labute approximate surface area is 116 Å². The first-order valence-corrected chi connectivity index (χ1v) is 7.92. The van der Waals surface area contributed by atoms with E-state index in [1.165, 1.54) is 17.9 Å². The standard InChI is InChI=1S/C12H17ClN4S/c1-8-11-12(16(2)15-8)17(10(5-13)14-11)6-9-3-4-18-7-9/h9H,3-7H2,1-2H3. The highest BCUT2D eigenvalue weighted by atomic mass is 35.5. The molecule has 0 aromatic carbocycles. The van der Waals surface area contributed by atoms with E-state index in [4.69, 9.17) is 11.6 Å². The van der Waals surface area contributed by atoms with Crippen LogP contribution in [0.1, 0.15) is 17.9 Å². The number of imidazole rings is 1. The van der Waals surface area contributed by atoms with Crippen LogP contribution in [-0.2, 0) is 19.5 Å². The second-order valence-electron chi connectivity index (χ2n) is 4.88. The van der Waals surface area contributed by atoms with Crippen LogP contribution >= 0.6 is 23.4 Å². The highest BCUT2D eigenvalue weighted by Gasteiger charge is 2.22. The fraction of sp³-hybridized carbons (Fsp3) is 0.667. The van der Waals surface area contributed by atoms with Crippen LogP contribution in [0.3, 0.4) is 0 Å². The van der Waals surface area contributed by atoms with Crippen molar-refractivity contribution in [3.63, 3.8) is 0 Å². The zero-order valence-corrected chi connectivity index (χ0v) is 12.3. The molecule has 18 heavy (non-hydrogen) atoms. The third kappa shape index (κ3) is 1.93. The number of rotatable bonds is 3. The average molecular weight is 285 g/mol. The van der Waals surface area contributed by atoms with E-state index in [1.54, 1.807) is 0 Å². The van der Waals surface area contributed by atoms with E-state index in [9.17, 15) is 0 Å². The molecule has 4 nitrogen and oxygen atoms in total. The van der Waals surface area contributed by atoms with Crippen LogP contribution in [0.4, 0.5) is 0 Å². The van der Waals surface area contributed by atoms with Crippen LogP contribution in [0.25, 0.3) is 11.2 Å². The molecule has 1 atom stereocenters. The molecular weight excluding hydrogens is 268 g/mol. The van der Waals surface area contributed by atoms with Crippen LogP contribution < -0.4 is 0 Å². The van der Waals surface area contributed by atoms with Gasteiger partial charge in [-0.3, -0.25) is 4.68 Å². The zero-order chi connectivity index (χ0) is 12.7. The van der Waals surface area contributed by atoms with Crippen molar-refractivity contribution in [2.75, 3.05) is 11.5 Å². The fourth-order valence-electron chi connectivity index (χ4n) is 2.66. The van der Waals surface area contributed by atoms with Crippen molar-refractivity contribution in [2.45, 2.75) is 25.8 Å². The monoisotopic (exact) mass is 284 g/mol. The predicted molar refractivity (Wildman–Crippen MR) is 76.2 cm³/mol. The smallest absolute Gasteiger partial charge is 0.158 e. The quantitative estimate of drug-likeness (QED) is 0.813. The Hall–Kier alpha value is -0.680. The lowest BCUT2D eigenvalue weighted by Crippen LogP contribution is -2.14. The minimum atomic E-state index is 0.466. The normalized spacial score (nSPS) is 20.1. The summed E-state index contributed by atoms with van der Waals surface area (Å²) in [4.78, 5) is 4.63. The summed E-state index contributed by atoms with van der Waals surface area (Å²) < 4.78 is 4.19. The molecule has 2 aromatic heterocycles. The SMILES string of the molecule is Cc1nn(C)c2c1nc(CCl)n2CC1CCSC1. The Morgan fingerprint density at radius 1 is 1.50 bits per heavy atom. The summed E-state index contributed by atoms with van der Waals surface area (Å²) in [5.41, 5.74) is 3.09. The molecule has 1 saturated heterocycles. The van der Waals surface area contributed by atoms with Crippen molar-refractivity contribution < 1.29 is 0 Å². The molecule has 3 rings (SSSR count). The van der Waals surface area contributed by atoms with Gasteiger partial charge >= 0.3 is 0 Å². The molecule has 1 fully saturated rings. The van der Waals surface area contributed by atoms with Gasteiger partial charge in [0, 0.05) is 13.6 Å². The molecule has 3 heterocycles. The number of hydrogen-bond acceptors (Lipinski definition) is 3. The second-order valence-corrected chi connectivity index (χ2v) is 6.30. The van der Waals surface area contributed by atoms with Gasteiger partial charge in [0.2, 0.25) is 0 Å². The third-order valence-corrected chi connectivity index (χ3v) is 5.02. The first kappa shape index (κ1) is 12.4. The summed E-state index contributed by atoms with van der Waals surface area (Å²) in [6, 6.07) is 0. The molecule has 1 aliphatic heterocycles. The summed E-state index contributed by atoms with van der Waals surface area (Å²) in [5.74, 6) is 4.71. The van der Waals surface area contributed by atoms with Crippen molar-refractivity contribution in [1.82, 2.24) is 19.3 Å². The first-order chi connectivity index (χ1) is 8.70. The number of aryl methyl sites for hydroxylation is 2. The molecule has 0 saturated carbocycles. The minimum Gasteiger partial charge on any atom is -0.312 e. The summed E-state index contributed by atoms with van der Waals surface area (Å²) >= 11 is 8.08. The molecule has 6 heteroatoms. The number of halogens is 1. The highest BCUT2D eigenvalue weighted by Crippen LogP contribution is 2.28. The summed E-state index contributed by atoms with van der Waals surface area (Å²) in [5, 5.41) is 4.45.